The third kappa shape index (κ3) is 5.19. The fourth-order valence-electron chi connectivity index (χ4n) is 3.38. The van der Waals surface area contributed by atoms with E-state index in [1.807, 2.05) is 6.07 Å². The molecule has 1 aliphatic heterocycles. The first-order valence-electron chi connectivity index (χ1n) is 8.87. The van der Waals surface area contributed by atoms with Crippen LogP contribution in [0.2, 0.25) is 10.0 Å². The molecule has 0 aliphatic carbocycles. The number of piperidine rings is 1. The summed E-state index contributed by atoms with van der Waals surface area (Å²) in [4.78, 5) is 14.7. The van der Waals surface area contributed by atoms with Crippen LogP contribution in [-0.4, -0.2) is 23.9 Å². The summed E-state index contributed by atoms with van der Waals surface area (Å²) in [6.07, 6.45) is -3.09. The fraction of sp³-hybridized carbons (Fsp3) is 0.350. The molecule has 1 aliphatic rings. The van der Waals surface area contributed by atoms with Crippen molar-refractivity contribution >= 4 is 34.8 Å². The van der Waals surface area contributed by atoms with Gasteiger partial charge in [0, 0.05) is 13.1 Å². The zero-order chi connectivity index (χ0) is 20.3. The quantitative estimate of drug-likeness (QED) is 0.658. The van der Waals surface area contributed by atoms with E-state index in [-0.39, 0.29) is 11.6 Å². The van der Waals surface area contributed by atoms with E-state index in [1.165, 1.54) is 18.2 Å². The number of benzene rings is 2. The first kappa shape index (κ1) is 21.0. The molecular weight excluding hydrogens is 412 g/mol. The molecule has 1 N–H and O–H groups in total. The van der Waals surface area contributed by atoms with Gasteiger partial charge in [0.15, 0.2) is 0 Å². The number of halogens is 5. The molecule has 0 saturated carbocycles. The largest absolute Gasteiger partial charge is 0.418 e. The Kier molecular flexibility index (Phi) is 6.53. The molecule has 1 saturated heterocycles. The van der Waals surface area contributed by atoms with E-state index in [1.54, 1.807) is 12.1 Å². The van der Waals surface area contributed by atoms with Crippen LogP contribution in [0.15, 0.2) is 42.5 Å². The van der Waals surface area contributed by atoms with E-state index in [2.05, 4.69) is 10.2 Å². The zero-order valence-corrected chi connectivity index (χ0v) is 16.4. The molecule has 1 fully saturated rings. The van der Waals surface area contributed by atoms with Crippen molar-refractivity contribution in [3.63, 3.8) is 0 Å². The summed E-state index contributed by atoms with van der Waals surface area (Å²) < 4.78 is 39.4. The molecule has 2 aromatic carbocycles. The molecule has 3 nitrogen and oxygen atoms in total. The highest BCUT2D eigenvalue weighted by Gasteiger charge is 2.34. The number of rotatable bonds is 4. The van der Waals surface area contributed by atoms with E-state index in [0.29, 0.717) is 29.6 Å². The minimum absolute atomic E-state index is 0.207. The van der Waals surface area contributed by atoms with Gasteiger partial charge in [0.1, 0.15) is 0 Å². The molecule has 28 heavy (non-hydrogen) atoms. The van der Waals surface area contributed by atoms with Gasteiger partial charge in [-0.1, -0.05) is 41.4 Å². The third-order valence-corrected chi connectivity index (χ3v) is 5.50. The van der Waals surface area contributed by atoms with Crippen molar-refractivity contribution in [3.8, 4) is 0 Å². The van der Waals surface area contributed by atoms with Crippen molar-refractivity contribution in [3.05, 3.63) is 63.6 Å². The number of nitrogens with one attached hydrogen (secondary N) is 1. The van der Waals surface area contributed by atoms with Gasteiger partial charge in [0.05, 0.1) is 27.2 Å². The Bertz CT molecular complexity index is 858. The predicted molar refractivity (Wildman–Crippen MR) is 105 cm³/mol. The zero-order valence-electron chi connectivity index (χ0n) is 14.9. The van der Waals surface area contributed by atoms with Gasteiger partial charge in [-0.3, -0.25) is 9.69 Å². The van der Waals surface area contributed by atoms with Crippen LogP contribution in [0.3, 0.4) is 0 Å². The van der Waals surface area contributed by atoms with Crippen molar-refractivity contribution in [2.45, 2.75) is 25.6 Å². The third-order valence-electron chi connectivity index (χ3n) is 4.76. The summed E-state index contributed by atoms with van der Waals surface area (Å²) >= 11 is 12.0. The van der Waals surface area contributed by atoms with Gasteiger partial charge in [-0.2, -0.15) is 13.2 Å². The van der Waals surface area contributed by atoms with E-state index in [9.17, 15) is 18.0 Å². The van der Waals surface area contributed by atoms with Crippen molar-refractivity contribution in [2.24, 2.45) is 5.92 Å². The minimum atomic E-state index is -4.52. The summed E-state index contributed by atoms with van der Waals surface area (Å²) in [5.74, 6) is -0.770. The predicted octanol–water partition coefficient (Wildman–Crippen LogP) is 5.86. The lowest BCUT2D eigenvalue weighted by Gasteiger charge is -2.32. The lowest BCUT2D eigenvalue weighted by Crippen LogP contribution is -2.40. The van der Waals surface area contributed by atoms with Gasteiger partial charge in [-0.05, 0) is 49.2 Å². The van der Waals surface area contributed by atoms with E-state index in [4.69, 9.17) is 23.2 Å². The number of hydrogen-bond acceptors (Lipinski definition) is 2. The Labute approximate surface area is 171 Å². The van der Waals surface area contributed by atoms with Crippen LogP contribution in [0.25, 0.3) is 0 Å². The first-order chi connectivity index (χ1) is 13.2. The molecule has 1 amide bonds. The molecule has 0 spiro atoms. The molecule has 1 unspecified atom stereocenters. The second-order valence-corrected chi connectivity index (χ2v) is 7.67. The lowest BCUT2D eigenvalue weighted by atomic mass is 9.96. The number of hydrogen-bond donors (Lipinski definition) is 1. The van der Waals surface area contributed by atoms with Crippen molar-refractivity contribution in [1.82, 2.24) is 4.90 Å². The number of carbonyl (C=O) groups is 1. The minimum Gasteiger partial charge on any atom is -0.325 e. The highest BCUT2D eigenvalue weighted by Crippen LogP contribution is 2.35. The summed E-state index contributed by atoms with van der Waals surface area (Å²) in [6, 6.07) is 10.4. The van der Waals surface area contributed by atoms with Crippen molar-refractivity contribution < 1.29 is 18.0 Å². The Morgan fingerprint density at radius 1 is 1.14 bits per heavy atom. The normalized spacial score (nSPS) is 18.1. The van der Waals surface area contributed by atoms with Gasteiger partial charge < -0.3 is 5.32 Å². The standard InChI is InChI=1S/C20H19Cl2F3N2O/c21-16-8-7-13(10-17(16)22)11-27-9-3-4-14(12-27)19(28)26-18-6-2-1-5-15(18)20(23,24)25/h1-2,5-8,10,14H,3-4,9,11-12H2,(H,26,28). The summed E-state index contributed by atoms with van der Waals surface area (Å²) in [7, 11) is 0. The molecule has 0 aromatic heterocycles. The average molecular weight is 431 g/mol. The van der Waals surface area contributed by atoms with Gasteiger partial charge in [-0.25, -0.2) is 0 Å². The van der Waals surface area contributed by atoms with Crippen LogP contribution in [0.5, 0.6) is 0 Å². The smallest absolute Gasteiger partial charge is 0.325 e. The maximum atomic E-state index is 13.1. The molecular formula is C20H19Cl2F3N2O. The molecule has 8 heteroatoms. The molecule has 150 valence electrons. The first-order valence-corrected chi connectivity index (χ1v) is 9.63. The second-order valence-electron chi connectivity index (χ2n) is 6.86. The number of alkyl halides is 3. The monoisotopic (exact) mass is 430 g/mol. The van der Waals surface area contributed by atoms with Crippen LogP contribution in [0.4, 0.5) is 18.9 Å². The Morgan fingerprint density at radius 2 is 1.89 bits per heavy atom. The van der Waals surface area contributed by atoms with E-state index < -0.39 is 17.6 Å². The molecule has 1 atom stereocenters. The summed E-state index contributed by atoms with van der Waals surface area (Å²) in [5, 5.41) is 3.41. The highest BCUT2D eigenvalue weighted by atomic mass is 35.5. The number of amides is 1. The van der Waals surface area contributed by atoms with Crippen molar-refractivity contribution in [1.29, 1.82) is 0 Å². The number of para-hydroxylation sites is 1. The van der Waals surface area contributed by atoms with Crippen LogP contribution >= 0.6 is 23.2 Å². The van der Waals surface area contributed by atoms with Crippen LogP contribution in [0.1, 0.15) is 24.0 Å². The van der Waals surface area contributed by atoms with Crippen LogP contribution in [0, 0.1) is 5.92 Å². The summed E-state index contributed by atoms with van der Waals surface area (Å²) in [5.41, 5.74) is -0.0775. The van der Waals surface area contributed by atoms with Gasteiger partial charge in [0.2, 0.25) is 5.91 Å². The molecule has 0 bridgehead atoms. The number of nitrogens with zero attached hydrogens (tertiary/aromatic N) is 1. The van der Waals surface area contributed by atoms with Gasteiger partial charge >= 0.3 is 6.18 Å². The molecule has 3 rings (SSSR count). The Balaban J connectivity index is 1.66. The lowest BCUT2D eigenvalue weighted by molar-refractivity contribution is -0.137. The van der Waals surface area contributed by atoms with Crippen LogP contribution < -0.4 is 5.32 Å². The Morgan fingerprint density at radius 3 is 2.61 bits per heavy atom. The average Bonchev–Trinajstić information content (AvgIpc) is 2.64. The van der Waals surface area contributed by atoms with E-state index in [0.717, 1.165) is 24.6 Å². The van der Waals surface area contributed by atoms with Gasteiger partial charge in [0.25, 0.3) is 0 Å². The number of likely N-dealkylation sites (tertiary alicyclic amines) is 1. The van der Waals surface area contributed by atoms with Crippen LogP contribution in [-0.2, 0) is 17.5 Å². The topological polar surface area (TPSA) is 32.3 Å². The van der Waals surface area contributed by atoms with Gasteiger partial charge in [-0.15, -0.1) is 0 Å². The number of carbonyl (C=O) groups excluding carboxylic acids is 1. The fourth-order valence-corrected chi connectivity index (χ4v) is 3.70. The maximum absolute atomic E-state index is 13.1. The second kappa shape index (κ2) is 8.72. The molecule has 2 aromatic rings. The Hall–Kier alpha value is -1.76. The molecule has 1 heterocycles. The number of anilines is 1. The maximum Gasteiger partial charge on any atom is 0.418 e. The molecule has 0 radical (unpaired) electrons. The van der Waals surface area contributed by atoms with E-state index >= 15 is 0 Å². The van der Waals surface area contributed by atoms with Crippen molar-refractivity contribution in [2.75, 3.05) is 18.4 Å². The SMILES string of the molecule is O=C(Nc1ccccc1C(F)(F)F)C1CCCN(Cc2ccc(Cl)c(Cl)c2)C1. The summed E-state index contributed by atoms with van der Waals surface area (Å²) in [6.45, 7) is 1.88. The highest BCUT2D eigenvalue weighted by molar-refractivity contribution is 6.42.